The largest absolute Gasteiger partial charge is 0.465 e. The highest BCUT2D eigenvalue weighted by molar-refractivity contribution is 7.80. The first-order valence-corrected chi connectivity index (χ1v) is 7.06. The Balaban J connectivity index is 1.96. The van der Waals surface area contributed by atoms with E-state index >= 15 is 0 Å². The van der Waals surface area contributed by atoms with Gasteiger partial charge in [0.25, 0.3) is 0 Å². The van der Waals surface area contributed by atoms with Crippen LogP contribution >= 0.6 is 12.2 Å². The Morgan fingerprint density at radius 1 is 1.60 bits per heavy atom. The first kappa shape index (κ1) is 14.9. The average molecular weight is 293 g/mol. The number of methoxy groups -OCH3 is 1. The molecular formula is C14H19N3O2S. The van der Waals surface area contributed by atoms with Crippen molar-refractivity contribution < 1.29 is 9.53 Å². The number of esters is 1. The minimum Gasteiger partial charge on any atom is -0.465 e. The highest BCUT2D eigenvalue weighted by atomic mass is 32.1. The first-order valence-electron chi connectivity index (χ1n) is 6.65. The molecule has 1 unspecified atom stereocenters. The molecule has 1 aliphatic rings. The van der Waals surface area contributed by atoms with E-state index < -0.39 is 0 Å². The Morgan fingerprint density at radius 2 is 2.40 bits per heavy atom. The molecule has 6 heteroatoms. The van der Waals surface area contributed by atoms with Crippen LogP contribution in [0.3, 0.4) is 0 Å². The molecule has 1 aromatic heterocycles. The second-order valence-corrected chi connectivity index (χ2v) is 5.48. The van der Waals surface area contributed by atoms with Crippen molar-refractivity contribution in [1.29, 1.82) is 0 Å². The molecular weight excluding hydrogens is 274 g/mol. The van der Waals surface area contributed by atoms with Crippen LogP contribution in [-0.4, -0.2) is 41.0 Å². The zero-order chi connectivity index (χ0) is 14.5. The number of nitrogens with zero attached hydrogens (tertiary/aromatic N) is 2. The molecule has 0 aliphatic carbocycles. The van der Waals surface area contributed by atoms with Gasteiger partial charge in [-0.05, 0) is 31.5 Å². The molecule has 2 heterocycles. The summed E-state index contributed by atoms with van der Waals surface area (Å²) in [6.07, 6.45) is 3.72. The summed E-state index contributed by atoms with van der Waals surface area (Å²) in [6.45, 7) is 2.66. The number of likely N-dealkylation sites (tertiary alicyclic amines) is 1. The molecule has 0 saturated carbocycles. The van der Waals surface area contributed by atoms with E-state index in [1.165, 1.54) is 7.11 Å². The van der Waals surface area contributed by atoms with E-state index in [9.17, 15) is 4.79 Å². The van der Waals surface area contributed by atoms with E-state index in [1.807, 2.05) is 6.07 Å². The molecule has 1 atom stereocenters. The van der Waals surface area contributed by atoms with Crippen molar-refractivity contribution >= 4 is 23.2 Å². The molecule has 0 radical (unpaired) electrons. The Hall–Kier alpha value is -1.53. The van der Waals surface area contributed by atoms with Gasteiger partial charge in [-0.3, -0.25) is 9.88 Å². The van der Waals surface area contributed by atoms with E-state index in [-0.39, 0.29) is 5.97 Å². The third-order valence-corrected chi connectivity index (χ3v) is 3.87. The minimum atomic E-state index is -0.365. The van der Waals surface area contributed by atoms with Crippen molar-refractivity contribution in [2.45, 2.75) is 19.4 Å². The molecule has 5 nitrogen and oxygen atoms in total. The molecule has 0 amide bonds. The van der Waals surface area contributed by atoms with E-state index in [0.29, 0.717) is 16.5 Å². The maximum absolute atomic E-state index is 11.3. The lowest BCUT2D eigenvalue weighted by Gasteiger charge is -2.31. The van der Waals surface area contributed by atoms with Gasteiger partial charge in [-0.1, -0.05) is 12.2 Å². The summed E-state index contributed by atoms with van der Waals surface area (Å²) in [5.41, 5.74) is 7.13. The number of hydrogen-bond donors (Lipinski definition) is 1. The number of pyridine rings is 1. The van der Waals surface area contributed by atoms with Crippen LogP contribution in [0.5, 0.6) is 0 Å². The van der Waals surface area contributed by atoms with Crippen molar-refractivity contribution in [3.8, 4) is 0 Å². The molecule has 20 heavy (non-hydrogen) atoms. The van der Waals surface area contributed by atoms with Crippen LogP contribution in [0.15, 0.2) is 18.3 Å². The second kappa shape index (κ2) is 6.76. The van der Waals surface area contributed by atoms with Crippen LogP contribution in [0.25, 0.3) is 0 Å². The highest BCUT2D eigenvalue weighted by Gasteiger charge is 2.22. The molecule has 0 bridgehead atoms. The van der Waals surface area contributed by atoms with Crippen LogP contribution in [0, 0.1) is 5.92 Å². The molecule has 1 aliphatic heterocycles. The van der Waals surface area contributed by atoms with Gasteiger partial charge in [0, 0.05) is 25.2 Å². The van der Waals surface area contributed by atoms with Gasteiger partial charge in [-0.15, -0.1) is 0 Å². The fourth-order valence-electron chi connectivity index (χ4n) is 2.42. The van der Waals surface area contributed by atoms with Gasteiger partial charge in [-0.25, -0.2) is 4.79 Å². The standard InChI is InChI=1S/C14H19N3O2S/c1-19-14(18)10-4-5-12(16-7-10)9-17-6-2-3-11(8-17)13(15)20/h4-5,7,11H,2-3,6,8-9H2,1H3,(H2,15,20). The molecule has 1 fully saturated rings. The van der Waals surface area contributed by atoms with Gasteiger partial charge in [0.2, 0.25) is 0 Å². The van der Waals surface area contributed by atoms with Crippen molar-refractivity contribution in [2.75, 3.05) is 20.2 Å². The Morgan fingerprint density at radius 3 is 3.00 bits per heavy atom. The number of carbonyl (C=O) groups is 1. The number of aromatic nitrogens is 1. The second-order valence-electron chi connectivity index (χ2n) is 5.01. The van der Waals surface area contributed by atoms with Gasteiger partial charge in [0.1, 0.15) is 0 Å². The molecule has 0 aromatic carbocycles. The summed E-state index contributed by atoms with van der Waals surface area (Å²) in [5.74, 6) is -0.0661. The highest BCUT2D eigenvalue weighted by Crippen LogP contribution is 2.18. The third kappa shape index (κ3) is 3.74. The maximum Gasteiger partial charge on any atom is 0.339 e. The van der Waals surface area contributed by atoms with Crippen LogP contribution in [0.4, 0.5) is 0 Å². The Kier molecular flexibility index (Phi) is 5.03. The quantitative estimate of drug-likeness (QED) is 0.668. The SMILES string of the molecule is COC(=O)c1ccc(CN2CCCC(C(N)=S)C2)nc1. The summed E-state index contributed by atoms with van der Waals surface area (Å²) in [4.78, 5) is 18.5. The molecule has 2 N–H and O–H groups in total. The third-order valence-electron chi connectivity index (χ3n) is 3.54. The fraction of sp³-hybridized carbons (Fsp3) is 0.500. The van der Waals surface area contributed by atoms with Gasteiger partial charge in [-0.2, -0.15) is 0 Å². The summed E-state index contributed by atoms with van der Waals surface area (Å²) in [5, 5.41) is 0. The Labute approximate surface area is 124 Å². The molecule has 1 saturated heterocycles. The monoisotopic (exact) mass is 293 g/mol. The van der Waals surface area contributed by atoms with E-state index in [0.717, 1.165) is 38.2 Å². The molecule has 2 rings (SSSR count). The number of ether oxygens (including phenoxy) is 1. The number of rotatable bonds is 4. The van der Waals surface area contributed by atoms with Gasteiger partial charge in [0.05, 0.1) is 23.4 Å². The predicted octanol–water partition coefficient (Wildman–Crippen LogP) is 1.37. The minimum absolute atomic E-state index is 0.299. The topological polar surface area (TPSA) is 68.5 Å². The number of carbonyl (C=O) groups excluding carboxylic acids is 1. The van der Waals surface area contributed by atoms with Gasteiger partial charge in [0.15, 0.2) is 0 Å². The van der Waals surface area contributed by atoms with E-state index in [4.69, 9.17) is 18.0 Å². The van der Waals surface area contributed by atoms with E-state index in [2.05, 4.69) is 14.6 Å². The fourth-order valence-corrected chi connectivity index (χ4v) is 2.61. The number of nitrogens with two attached hydrogens (primary N) is 1. The zero-order valence-electron chi connectivity index (χ0n) is 11.5. The van der Waals surface area contributed by atoms with Crippen molar-refractivity contribution in [3.63, 3.8) is 0 Å². The van der Waals surface area contributed by atoms with Crippen molar-refractivity contribution in [3.05, 3.63) is 29.6 Å². The Bertz CT molecular complexity index is 490. The van der Waals surface area contributed by atoms with Crippen LogP contribution in [-0.2, 0) is 11.3 Å². The smallest absolute Gasteiger partial charge is 0.339 e. The lowest BCUT2D eigenvalue weighted by Crippen LogP contribution is -2.40. The van der Waals surface area contributed by atoms with Crippen LogP contribution < -0.4 is 5.73 Å². The summed E-state index contributed by atoms with van der Waals surface area (Å²) in [7, 11) is 1.36. The molecule has 108 valence electrons. The zero-order valence-corrected chi connectivity index (χ0v) is 12.4. The average Bonchev–Trinajstić information content (AvgIpc) is 2.47. The number of thiocarbonyl (C=S) groups is 1. The summed E-state index contributed by atoms with van der Waals surface area (Å²) in [6, 6.07) is 3.60. The summed E-state index contributed by atoms with van der Waals surface area (Å²) < 4.78 is 4.65. The van der Waals surface area contributed by atoms with Crippen molar-refractivity contribution in [1.82, 2.24) is 9.88 Å². The van der Waals surface area contributed by atoms with Crippen LogP contribution in [0.2, 0.25) is 0 Å². The van der Waals surface area contributed by atoms with E-state index in [1.54, 1.807) is 12.3 Å². The van der Waals surface area contributed by atoms with Crippen LogP contribution in [0.1, 0.15) is 28.9 Å². The molecule has 1 aromatic rings. The number of piperidine rings is 1. The maximum atomic E-state index is 11.3. The normalized spacial score (nSPS) is 19.6. The first-order chi connectivity index (χ1) is 9.60. The lowest BCUT2D eigenvalue weighted by molar-refractivity contribution is 0.0600. The van der Waals surface area contributed by atoms with Crippen molar-refractivity contribution in [2.24, 2.45) is 11.7 Å². The molecule has 0 spiro atoms. The van der Waals surface area contributed by atoms with Gasteiger partial charge >= 0.3 is 5.97 Å². The lowest BCUT2D eigenvalue weighted by atomic mass is 9.98. The summed E-state index contributed by atoms with van der Waals surface area (Å²) >= 11 is 5.08. The predicted molar refractivity (Wildman–Crippen MR) is 80.4 cm³/mol. The number of hydrogen-bond acceptors (Lipinski definition) is 5. The van der Waals surface area contributed by atoms with Gasteiger partial charge < -0.3 is 10.5 Å².